The van der Waals surface area contributed by atoms with Gasteiger partial charge in [0.25, 0.3) is 11.5 Å². The molecule has 162 valence electrons. The number of fused-ring (bicyclic) bond motifs is 1. The van der Waals surface area contributed by atoms with Gasteiger partial charge in [0.15, 0.2) is 0 Å². The number of aromatic nitrogens is 1. The minimum absolute atomic E-state index is 0.0243. The van der Waals surface area contributed by atoms with Crippen LogP contribution < -0.4 is 10.9 Å². The molecule has 3 aromatic rings. The van der Waals surface area contributed by atoms with E-state index in [0.29, 0.717) is 10.5 Å². The molecule has 0 spiro atoms. The summed E-state index contributed by atoms with van der Waals surface area (Å²) >= 11 is 6.11. The van der Waals surface area contributed by atoms with Gasteiger partial charge in [0.2, 0.25) is 0 Å². The summed E-state index contributed by atoms with van der Waals surface area (Å²) < 4.78 is 1.35. The number of amides is 1. The molecular formula is C23H23ClN2O5. The molecule has 1 aromatic heterocycles. The van der Waals surface area contributed by atoms with Gasteiger partial charge in [-0.15, -0.1) is 0 Å². The predicted molar refractivity (Wildman–Crippen MR) is 119 cm³/mol. The maximum Gasteiger partial charge on any atom is 0.322 e. The van der Waals surface area contributed by atoms with Crippen molar-refractivity contribution in [1.29, 1.82) is 0 Å². The van der Waals surface area contributed by atoms with Gasteiger partial charge in [-0.25, -0.2) is 0 Å². The first-order valence-corrected chi connectivity index (χ1v) is 10.0. The Bertz CT molecular complexity index is 1220. The number of aromatic hydroxyl groups is 1. The van der Waals surface area contributed by atoms with Crippen LogP contribution in [-0.4, -0.2) is 33.2 Å². The minimum atomic E-state index is -1.26. The second kappa shape index (κ2) is 8.43. The Hall–Kier alpha value is -3.32. The van der Waals surface area contributed by atoms with Crippen molar-refractivity contribution >= 4 is 34.4 Å². The fourth-order valence-corrected chi connectivity index (χ4v) is 3.47. The van der Waals surface area contributed by atoms with Crippen LogP contribution in [0, 0.1) is 0 Å². The van der Waals surface area contributed by atoms with Crippen LogP contribution in [0.5, 0.6) is 5.75 Å². The highest BCUT2D eigenvalue weighted by Crippen LogP contribution is 2.29. The smallest absolute Gasteiger partial charge is 0.322 e. The van der Waals surface area contributed by atoms with E-state index in [1.165, 1.54) is 16.7 Å². The number of nitrogens with zero attached hydrogens (tertiary/aromatic N) is 1. The lowest BCUT2D eigenvalue weighted by molar-refractivity contribution is -0.135. The monoisotopic (exact) mass is 442 g/mol. The van der Waals surface area contributed by atoms with Gasteiger partial charge in [0.05, 0.1) is 12.1 Å². The van der Waals surface area contributed by atoms with Crippen molar-refractivity contribution in [2.45, 2.75) is 32.7 Å². The Balaban J connectivity index is 2.15. The zero-order valence-electron chi connectivity index (χ0n) is 17.4. The Kier molecular flexibility index (Phi) is 6.08. The number of carboxylic acids is 1. The second-order valence-electron chi connectivity index (χ2n) is 8.30. The zero-order valence-corrected chi connectivity index (χ0v) is 18.2. The number of hydrogen-bond acceptors (Lipinski definition) is 4. The van der Waals surface area contributed by atoms with Crippen LogP contribution in [0.4, 0.5) is 0 Å². The summed E-state index contributed by atoms with van der Waals surface area (Å²) in [5, 5.41) is 22.2. The number of rotatable bonds is 5. The molecule has 0 saturated heterocycles. The third kappa shape index (κ3) is 4.72. The van der Waals surface area contributed by atoms with Crippen LogP contribution in [0.2, 0.25) is 5.02 Å². The summed E-state index contributed by atoms with van der Waals surface area (Å²) in [6.07, 6.45) is 0. The van der Waals surface area contributed by atoms with E-state index in [1.807, 2.05) is 24.3 Å². The normalized spacial score (nSPS) is 11.5. The number of carboxylic acid groups (broad SMARTS) is 1. The zero-order chi connectivity index (χ0) is 22.9. The Morgan fingerprint density at radius 1 is 1.10 bits per heavy atom. The number of benzene rings is 2. The Morgan fingerprint density at radius 3 is 2.32 bits per heavy atom. The summed E-state index contributed by atoms with van der Waals surface area (Å²) in [5.41, 5.74) is 1.04. The van der Waals surface area contributed by atoms with Gasteiger partial charge in [-0.3, -0.25) is 14.4 Å². The summed E-state index contributed by atoms with van der Waals surface area (Å²) in [4.78, 5) is 36.5. The summed E-state index contributed by atoms with van der Waals surface area (Å²) in [7, 11) is 0. The van der Waals surface area contributed by atoms with Crippen LogP contribution >= 0.6 is 11.6 Å². The molecule has 0 saturated carbocycles. The van der Waals surface area contributed by atoms with E-state index in [1.54, 1.807) is 6.07 Å². The van der Waals surface area contributed by atoms with E-state index in [0.717, 1.165) is 11.1 Å². The molecule has 0 radical (unpaired) electrons. The molecule has 8 heteroatoms. The lowest BCUT2D eigenvalue weighted by atomic mass is 9.87. The number of carbonyl (C=O) groups is 2. The first kappa shape index (κ1) is 22.4. The number of halogens is 1. The summed E-state index contributed by atoms with van der Waals surface area (Å²) in [6, 6.07) is 12.4. The van der Waals surface area contributed by atoms with Crippen LogP contribution in [0.15, 0.2) is 47.3 Å². The van der Waals surface area contributed by atoms with Crippen LogP contribution in [0.25, 0.3) is 10.9 Å². The number of hydrogen-bond donors (Lipinski definition) is 3. The van der Waals surface area contributed by atoms with Gasteiger partial charge in [-0.1, -0.05) is 56.6 Å². The number of nitrogens with one attached hydrogen (secondary N) is 1. The maximum absolute atomic E-state index is 13.2. The minimum Gasteiger partial charge on any atom is -0.506 e. The molecule has 2 aromatic carbocycles. The molecule has 0 bridgehead atoms. The van der Waals surface area contributed by atoms with Crippen LogP contribution in [0.3, 0.4) is 0 Å². The van der Waals surface area contributed by atoms with Gasteiger partial charge < -0.3 is 20.1 Å². The van der Waals surface area contributed by atoms with E-state index >= 15 is 0 Å². The number of pyridine rings is 1. The van der Waals surface area contributed by atoms with Crippen molar-refractivity contribution < 1.29 is 19.8 Å². The van der Waals surface area contributed by atoms with E-state index in [-0.39, 0.29) is 17.3 Å². The van der Waals surface area contributed by atoms with Crippen molar-refractivity contribution in [3.8, 4) is 5.75 Å². The van der Waals surface area contributed by atoms with Gasteiger partial charge in [-0.2, -0.15) is 0 Å². The average Bonchev–Trinajstić information content (AvgIpc) is 2.69. The van der Waals surface area contributed by atoms with Crippen molar-refractivity contribution in [3.05, 3.63) is 74.5 Å². The van der Waals surface area contributed by atoms with Gasteiger partial charge in [0.1, 0.15) is 17.9 Å². The van der Waals surface area contributed by atoms with E-state index in [9.17, 15) is 19.5 Å². The molecule has 0 atom stereocenters. The van der Waals surface area contributed by atoms with Crippen molar-refractivity contribution in [3.63, 3.8) is 0 Å². The third-order valence-electron chi connectivity index (χ3n) is 4.99. The maximum atomic E-state index is 13.2. The topological polar surface area (TPSA) is 109 Å². The molecule has 1 heterocycles. The first-order valence-electron chi connectivity index (χ1n) is 9.63. The molecule has 7 nitrogen and oxygen atoms in total. The summed E-state index contributed by atoms with van der Waals surface area (Å²) in [5.74, 6) is -2.74. The largest absolute Gasteiger partial charge is 0.506 e. The number of aliphatic carboxylic acids is 1. The molecule has 0 unspecified atom stereocenters. The second-order valence-corrected chi connectivity index (χ2v) is 8.74. The van der Waals surface area contributed by atoms with Crippen molar-refractivity contribution in [1.82, 2.24) is 9.88 Å². The van der Waals surface area contributed by atoms with E-state index < -0.39 is 35.3 Å². The molecular weight excluding hydrogens is 420 g/mol. The van der Waals surface area contributed by atoms with Gasteiger partial charge in [-0.05, 0) is 34.7 Å². The molecule has 3 rings (SSSR count). The first-order chi connectivity index (χ1) is 14.5. The Morgan fingerprint density at radius 2 is 1.74 bits per heavy atom. The van der Waals surface area contributed by atoms with Crippen LogP contribution in [0.1, 0.15) is 42.3 Å². The van der Waals surface area contributed by atoms with Gasteiger partial charge in [0, 0.05) is 10.4 Å². The lowest BCUT2D eigenvalue weighted by Crippen LogP contribution is -2.36. The molecule has 31 heavy (non-hydrogen) atoms. The van der Waals surface area contributed by atoms with Crippen LogP contribution in [-0.2, 0) is 16.8 Å². The van der Waals surface area contributed by atoms with E-state index in [2.05, 4.69) is 26.1 Å². The summed E-state index contributed by atoms with van der Waals surface area (Å²) in [6.45, 7) is 5.77. The fraction of sp³-hybridized carbons (Fsp3) is 0.261. The SMILES string of the molecule is CC(C)(C)c1ccc(Cn2c(=O)c(C(=O)NCC(=O)O)c(O)c3ccc(Cl)cc32)cc1. The Labute approximate surface area is 183 Å². The molecule has 0 aliphatic rings. The molecule has 0 fully saturated rings. The van der Waals surface area contributed by atoms with Gasteiger partial charge >= 0.3 is 5.97 Å². The van der Waals surface area contributed by atoms with E-state index in [4.69, 9.17) is 16.7 Å². The highest BCUT2D eigenvalue weighted by Gasteiger charge is 2.23. The third-order valence-corrected chi connectivity index (χ3v) is 5.22. The highest BCUT2D eigenvalue weighted by molar-refractivity contribution is 6.31. The molecule has 0 aliphatic carbocycles. The highest BCUT2D eigenvalue weighted by atomic mass is 35.5. The van der Waals surface area contributed by atoms with Crippen molar-refractivity contribution in [2.75, 3.05) is 6.54 Å². The lowest BCUT2D eigenvalue weighted by Gasteiger charge is -2.20. The predicted octanol–water partition coefficient (Wildman–Crippen LogP) is 3.52. The average molecular weight is 443 g/mol. The molecule has 3 N–H and O–H groups in total. The molecule has 1 amide bonds. The fourth-order valence-electron chi connectivity index (χ4n) is 3.31. The standard InChI is InChI=1S/C23H23ClN2O5/c1-23(2,3)14-6-4-13(5-7-14)12-26-17-10-15(24)8-9-16(17)20(29)19(22(26)31)21(30)25-11-18(27)28/h4-10,29H,11-12H2,1-3H3,(H,25,30)(H,27,28). The molecule has 0 aliphatic heterocycles. The quantitative estimate of drug-likeness (QED) is 0.560. The number of carbonyl (C=O) groups excluding carboxylic acids is 1. The van der Waals surface area contributed by atoms with Crippen molar-refractivity contribution in [2.24, 2.45) is 0 Å².